The molecule has 0 spiro atoms. The number of hydrogen-bond acceptors (Lipinski definition) is 11. The van der Waals surface area contributed by atoms with Crippen molar-refractivity contribution in [2.45, 2.75) is 76.1 Å². The normalized spacial score (nSPS) is 15.9. The van der Waals surface area contributed by atoms with E-state index in [4.69, 9.17) is 20.3 Å². The zero-order chi connectivity index (χ0) is 29.6. The molecule has 3 aromatic rings. The summed E-state index contributed by atoms with van der Waals surface area (Å²) in [7, 11) is 0. The van der Waals surface area contributed by atoms with E-state index in [9.17, 15) is 24.6 Å². The molecule has 0 aliphatic heterocycles. The average Bonchev–Trinajstić information content (AvgIpc) is 2.89. The first-order valence-corrected chi connectivity index (χ1v) is 13.3. The molecule has 0 radical (unpaired) electrons. The highest BCUT2D eigenvalue weighted by atomic mass is 19.1. The molecule has 0 unspecified atom stereocenters. The molecular formula is C27H33FN6O7. The highest BCUT2D eigenvalue weighted by Crippen LogP contribution is 2.29. The molecule has 0 saturated heterocycles. The molecule has 3 saturated carbocycles. The number of nitrogen functional groups attached to an aromatic ring is 1. The van der Waals surface area contributed by atoms with Gasteiger partial charge in [-0.2, -0.15) is 4.39 Å². The molecule has 3 N–H and O–H groups in total. The lowest BCUT2D eigenvalue weighted by Crippen LogP contribution is -2.25. The van der Waals surface area contributed by atoms with Crippen LogP contribution < -0.4 is 15.2 Å². The lowest BCUT2D eigenvalue weighted by molar-refractivity contribution is -0.388. The number of nitrogens with two attached hydrogens (primary N) is 1. The van der Waals surface area contributed by atoms with Crippen LogP contribution in [-0.2, 0) is 0 Å². The monoisotopic (exact) mass is 572 g/mol. The lowest BCUT2D eigenvalue weighted by atomic mass is 9.96. The Labute approximate surface area is 235 Å². The molecule has 41 heavy (non-hydrogen) atoms. The van der Waals surface area contributed by atoms with E-state index < -0.39 is 21.5 Å². The van der Waals surface area contributed by atoms with Crippen LogP contribution >= 0.6 is 0 Å². The van der Waals surface area contributed by atoms with Gasteiger partial charge in [-0.25, -0.2) is 15.0 Å². The van der Waals surface area contributed by atoms with Gasteiger partial charge in [0.1, 0.15) is 12.2 Å². The molecule has 13 nitrogen and oxygen atoms in total. The molecule has 0 atom stereocenters. The molecule has 0 aromatic carbocycles. The third-order valence-corrected chi connectivity index (χ3v) is 6.42. The highest BCUT2D eigenvalue weighted by Gasteiger charge is 2.24. The molecule has 3 aliphatic carbocycles. The number of aromatic nitrogens is 3. The molecular weight excluding hydrogens is 539 g/mol. The molecule has 3 heterocycles. The van der Waals surface area contributed by atoms with Crippen LogP contribution in [0.25, 0.3) is 0 Å². The third-order valence-electron chi connectivity index (χ3n) is 6.42. The van der Waals surface area contributed by atoms with Gasteiger partial charge in [0.05, 0.1) is 21.6 Å². The first kappa shape index (κ1) is 31.1. The minimum Gasteiger partial charge on any atom is -0.473 e. The van der Waals surface area contributed by atoms with Crippen molar-refractivity contribution in [3.63, 3.8) is 0 Å². The fourth-order valence-electron chi connectivity index (χ4n) is 3.31. The minimum absolute atomic E-state index is 0.0561. The zero-order valence-corrected chi connectivity index (χ0v) is 22.4. The summed E-state index contributed by atoms with van der Waals surface area (Å²) in [5.74, 6) is -0.322. The van der Waals surface area contributed by atoms with Gasteiger partial charge in [0.2, 0.25) is 5.88 Å². The van der Waals surface area contributed by atoms with Crippen LogP contribution in [0.2, 0.25) is 0 Å². The van der Waals surface area contributed by atoms with Crippen molar-refractivity contribution in [3.05, 3.63) is 81.2 Å². The zero-order valence-electron chi connectivity index (χ0n) is 22.4. The second-order valence-corrected chi connectivity index (χ2v) is 9.48. The quantitative estimate of drug-likeness (QED) is 0.225. The molecule has 14 heteroatoms. The van der Waals surface area contributed by atoms with Gasteiger partial charge < -0.3 is 20.3 Å². The molecule has 6 rings (SSSR count). The molecule has 3 fully saturated rings. The predicted molar refractivity (Wildman–Crippen MR) is 147 cm³/mol. The van der Waals surface area contributed by atoms with Gasteiger partial charge in [-0.3, -0.25) is 20.2 Å². The van der Waals surface area contributed by atoms with E-state index >= 15 is 0 Å². The van der Waals surface area contributed by atoms with E-state index in [1.165, 1.54) is 37.2 Å². The van der Waals surface area contributed by atoms with Crippen molar-refractivity contribution >= 4 is 17.1 Å². The van der Waals surface area contributed by atoms with E-state index in [1.807, 2.05) is 6.07 Å². The van der Waals surface area contributed by atoms with Crippen LogP contribution in [0.3, 0.4) is 0 Å². The van der Waals surface area contributed by atoms with Crippen molar-refractivity contribution in [2.24, 2.45) is 0 Å². The van der Waals surface area contributed by atoms with Gasteiger partial charge in [0.25, 0.3) is 11.8 Å². The third kappa shape index (κ3) is 10.2. The number of aliphatic hydroxyl groups excluding tert-OH is 1. The van der Waals surface area contributed by atoms with Gasteiger partial charge in [0, 0.05) is 30.7 Å². The fraction of sp³-hybridized carbons (Fsp3) is 0.444. The Morgan fingerprint density at radius 2 is 1.20 bits per heavy atom. The number of ether oxygens (including phenoxy) is 2. The van der Waals surface area contributed by atoms with Crippen LogP contribution in [0.15, 0.2) is 55.0 Å². The topological polar surface area (TPSA) is 190 Å². The Morgan fingerprint density at radius 3 is 1.59 bits per heavy atom. The molecule has 0 bridgehead atoms. The first-order chi connectivity index (χ1) is 19.7. The number of aliphatic hydroxyl groups is 1. The summed E-state index contributed by atoms with van der Waals surface area (Å²) in [5.41, 5.74) is 5.64. The Morgan fingerprint density at radius 1 is 0.756 bits per heavy atom. The summed E-state index contributed by atoms with van der Waals surface area (Å²) in [6.07, 6.45) is 14.8. The maximum atomic E-state index is 12.3. The second-order valence-electron chi connectivity index (χ2n) is 9.48. The summed E-state index contributed by atoms with van der Waals surface area (Å²) in [6, 6.07) is 8.92. The van der Waals surface area contributed by atoms with Crippen LogP contribution in [0.1, 0.15) is 57.8 Å². The maximum Gasteiger partial charge on any atom is 0.330 e. The number of hydrogen-bond donors (Lipinski definition) is 2. The summed E-state index contributed by atoms with van der Waals surface area (Å²) in [6.45, 7) is 0. The largest absolute Gasteiger partial charge is 0.473 e. The minimum atomic E-state index is -1.05. The lowest BCUT2D eigenvalue weighted by Gasteiger charge is -2.26. The summed E-state index contributed by atoms with van der Waals surface area (Å²) in [5, 5.41) is 29.0. The highest BCUT2D eigenvalue weighted by molar-refractivity contribution is 5.47. The van der Waals surface area contributed by atoms with E-state index in [0.29, 0.717) is 17.7 Å². The van der Waals surface area contributed by atoms with Crippen LogP contribution in [0.4, 0.5) is 21.5 Å². The summed E-state index contributed by atoms with van der Waals surface area (Å²) >= 11 is 0. The number of nitro groups is 2. The predicted octanol–water partition coefficient (Wildman–Crippen LogP) is 5.18. The standard InChI is InChI=1S/C9H10N2O3.C9H12N2O.C5H3FN2O2.C4H8O/c12-11(13)8-5-2-6-10-9(8)14-7-3-1-4-7;10-8-5-2-6-11-9(8)12-7-3-1-4-7;6-5-4(8(9)10)2-1-3-7-5;5-4-2-1-3-4/h2,5-7H,1,3-4H2;2,5-7H,1,3-4,10H2;1-3H;4-5H,1-3H2. The van der Waals surface area contributed by atoms with E-state index in [2.05, 4.69) is 15.0 Å². The molecule has 220 valence electrons. The van der Waals surface area contributed by atoms with Crippen molar-refractivity contribution < 1.29 is 28.8 Å². The summed E-state index contributed by atoms with van der Waals surface area (Å²) in [4.78, 5) is 30.3. The number of anilines is 1. The van der Waals surface area contributed by atoms with Gasteiger partial charge in [0.15, 0.2) is 0 Å². The number of nitrogens with zero attached hydrogens (tertiary/aromatic N) is 5. The molecule has 3 aromatic heterocycles. The number of halogens is 1. The maximum absolute atomic E-state index is 12.3. The Hall–Kier alpha value is -4.46. The Balaban J connectivity index is 0.000000158. The van der Waals surface area contributed by atoms with Crippen LogP contribution in [0.5, 0.6) is 11.8 Å². The van der Waals surface area contributed by atoms with Crippen LogP contribution in [0, 0.1) is 26.2 Å². The van der Waals surface area contributed by atoms with Crippen molar-refractivity contribution in [1.82, 2.24) is 15.0 Å². The van der Waals surface area contributed by atoms with Crippen molar-refractivity contribution in [2.75, 3.05) is 5.73 Å². The fourth-order valence-corrected chi connectivity index (χ4v) is 3.31. The van der Waals surface area contributed by atoms with Gasteiger partial charge in [-0.15, -0.1) is 0 Å². The van der Waals surface area contributed by atoms with Crippen molar-refractivity contribution in [1.29, 1.82) is 0 Å². The Kier molecular flexibility index (Phi) is 12.1. The van der Waals surface area contributed by atoms with E-state index in [0.717, 1.165) is 57.2 Å². The average molecular weight is 573 g/mol. The van der Waals surface area contributed by atoms with Gasteiger partial charge >= 0.3 is 11.4 Å². The number of pyridine rings is 3. The second kappa shape index (κ2) is 16.0. The SMILES string of the molecule is Nc1cccnc1OC1CCC1.O=[N+]([O-])c1cccnc1F.O=[N+]([O-])c1cccnc1OC1CCC1.OC1CCC1. The smallest absolute Gasteiger partial charge is 0.330 e. The Bertz CT molecular complexity index is 1270. The molecule has 3 aliphatic rings. The number of rotatable bonds is 6. The van der Waals surface area contributed by atoms with Crippen molar-refractivity contribution in [3.8, 4) is 11.8 Å². The van der Waals surface area contributed by atoms with E-state index in [1.54, 1.807) is 12.3 Å². The van der Waals surface area contributed by atoms with Crippen LogP contribution in [-0.4, -0.2) is 48.2 Å². The van der Waals surface area contributed by atoms with Gasteiger partial charge in [-0.05, 0) is 82.1 Å². The summed E-state index contributed by atoms with van der Waals surface area (Å²) < 4.78 is 23.2. The first-order valence-electron chi connectivity index (χ1n) is 13.3. The van der Waals surface area contributed by atoms with Gasteiger partial charge in [-0.1, -0.05) is 0 Å². The molecule has 0 amide bonds. The van der Waals surface area contributed by atoms with E-state index in [-0.39, 0.29) is 23.8 Å².